The van der Waals surface area contributed by atoms with Gasteiger partial charge in [0, 0.05) is 11.9 Å². The van der Waals surface area contributed by atoms with Gasteiger partial charge in [-0.25, -0.2) is 4.98 Å². The minimum absolute atomic E-state index is 0.0266. The van der Waals surface area contributed by atoms with Crippen molar-refractivity contribution in [3.63, 3.8) is 0 Å². The van der Waals surface area contributed by atoms with E-state index in [1.54, 1.807) is 11.1 Å². The third-order valence-corrected chi connectivity index (χ3v) is 5.41. The minimum Gasteiger partial charge on any atom is -0.326 e. The van der Waals surface area contributed by atoms with Crippen LogP contribution in [-0.4, -0.2) is 26.3 Å². The van der Waals surface area contributed by atoms with Gasteiger partial charge in [0.1, 0.15) is 6.04 Å². The molecule has 7 heteroatoms. The number of anilines is 2. The summed E-state index contributed by atoms with van der Waals surface area (Å²) in [6.07, 6.45) is 1.73. The van der Waals surface area contributed by atoms with Crippen LogP contribution in [0.1, 0.15) is 23.7 Å². The van der Waals surface area contributed by atoms with Gasteiger partial charge in [-0.3, -0.25) is 24.0 Å². The number of benzene rings is 2. The summed E-state index contributed by atoms with van der Waals surface area (Å²) in [6.45, 7) is 2.27. The zero-order valence-electron chi connectivity index (χ0n) is 17.0. The number of aromatic nitrogens is 3. The maximum absolute atomic E-state index is 13.4. The van der Waals surface area contributed by atoms with E-state index in [1.165, 1.54) is 0 Å². The second kappa shape index (κ2) is 7.68. The molecule has 0 radical (unpaired) electrons. The molecule has 2 amide bonds. The summed E-state index contributed by atoms with van der Waals surface area (Å²) in [6, 6.07) is 20.2. The molecule has 0 saturated heterocycles. The van der Waals surface area contributed by atoms with Crippen molar-refractivity contribution in [2.45, 2.75) is 25.9 Å². The van der Waals surface area contributed by atoms with Crippen LogP contribution >= 0.6 is 0 Å². The van der Waals surface area contributed by atoms with E-state index in [0.29, 0.717) is 12.5 Å². The number of pyridine rings is 1. The number of imidazole rings is 1. The molecular weight excluding hydrogens is 390 g/mol. The molecular formula is C24H21N5O2. The first-order chi connectivity index (χ1) is 15.1. The fourth-order valence-electron chi connectivity index (χ4n) is 4.01. The van der Waals surface area contributed by atoms with Crippen molar-refractivity contribution >= 4 is 34.5 Å². The van der Waals surface area contributed by atoms with Gasteiger partial charge in [-0.2, -0.15) is 0 Å². The highest BCUT2D eigenvalue weighted by Crippen LogP contribution is 2.37. The second-order valence-electron chi connectivity index (χ2n) is 7.65. The highest BCUT2D eigenvalue weighted by atomic mass is 16.2. The molecule has 2 aromatic heterocycles. The Morgan fingerprint density at radius 1 is 1.06 bits per heavy atom. The van der Waals surface area contributed by atoms with Crippen molar-refractivity contribution in [2.24, 2.45) is 0 Å². The third-order valence-electron chi connectivity index (χ3n) is 5.41. The molecule has 0 spiro atoms. The Labute approximate surface area is 179 Å². The smallest absolute Gasteiger partial charge is 0.253 e. The molecule has 1 aliphatic heterocycles. The van der Waals surface area contributed by atoms with Crippen LogP contribution in [-0.2, 0) is 16.1 Å². The maximum Gasteiger partial charge on any atom is 0.253 e. The standard InChI is InChI=1S/C24H21N5O2/c1-16-7-6-9-17(13-16)26-22(30)14-21-23(31)28(15-18-8-4-5-12-25-18)24-27-19-10-2-3-11-20(19)29(21)24/h2-13,21H,14-15H2,1H3,(H,26,30)/t21-/m1/s1. The Bertz CT molecular complexity index is 1280. The van der Waals surface area contributed by atoms with E-state index in [2.05, 4.69) is 15.3 Å². The van der Waals surface area contributed by atoms with Crippen molar-refractivity contribution < 1.29 is 9.59 Å². The molecule has 31 heavy (non-hydrogen) atoms. The molecule has 4 aromatic rings. The quantitative estimate of drug-likeness (QED) is 0.541. The highest BCUT2D eigenvalue weighted by molar-refractivity contribution is 6.05. The lowest BCUT2D eigenvalue weighted by Crippen LogP contribution is -2.31. The van der Waals surface area contributed by atoms with Crippen molar-refractivity contribution in [3.8, 4) is 0 Å². The fraction of sp³-hybridized carbons (Fsp3) is 0.167. The van der Waals surface area contributed by atoms with E-state index >= 15 is 0 Å². The normalized spacial score (nSPS) is 15.3. The van der Waals surface area contributed by atoms with Crippen molar-refractivity contribution in [3.05, 3.63) is 84.2 Å². The van der Waals surface area contributed by atoms with Gasteiger partial charge < -0.3 is 5.32 Å². The fourth-order valence-corrected chi connectivity index (χ4v) is 4.01. The zero-order valence-corrected chi connectivity index (χ0v) is 17.0. The molecule has 2 aromatic carbocycles. The van der Waals surface area contributed by atoms with Crippen LogP contribution in [0.2, 0.25) is 0 Å². The Hall–Kier alpha value is -4.00. The maximum atomic E-state index is 13.4. The van der Waals surface area contributed by atoms with Gasteiger partial charge in [0.15, 0.2) is 0 Å². The number of fused-ring (bicyclic) bond motifs is 3. The molecule has 1 N–H and O–H groups in total. The molecule has 0 aliphatic carbocycles. The number of nitrogens with zero attached hydrogens (tertiary/aromatic N) is 4. The number of carbonyl (C=O) groups is 2. The molecule has 3 heterocycles. The Kier molecular flexibility index (Phi) is 4.71. The lowest BCUT2D eigenvalue weighted by Gasteiger charge is -2.15. The van der Waals surface area contributed by atoms with Gasteiger partial charge in [-0.1, -0.05) is 30.3 Å². The number of amides is 2. The van der Waals surface area contributed by atoms with Crippen molar-refractivity contribution in [1.82, 2.24) is 14.5 Å². The van der Waals surface area contributed by atoms with Crippen molar-refractivity contribution in [2.75, 3.05) is 10.2 Å². The van der Waals surface area contributed by atoms with Crippen LogP contribution in [0.25, 0.3) is 11.0 Å². The topological polar surface area (TPSA) is 80.1 Å². The van der Waals surface area contributed by atoms with Gasteiger partial charge in [0.2, 0.25) is 11.9 Å². The lowest BCUT2D eigenvalue weighted by atomic mass is 10.1. The minimum atomic E-state index is -0.657. The molecule has 154 valence electrons. The number of nitrogens with one attached hydrogen (secondary N) is 1. The van der Waals surface area contributed by atoms with Gasteiger partial charge in [0.05, 0.1) is 29.7 Å². The van der Waals surface area contributed by atoms with Crippen LogP contribution in [0.3, 0.4) is 0 Å². The highest BCUT2D eigenvalue weighted by Gasteiger charge is 2.41. The zero-order chi connectivity index (χ0) is 21.4. The van der Waals surface area contributed by atoms with E-state index in [-0.39, 0.29) is 18.2 Å². The molecule has 0 saturated carbocycles. The molecule has 0 unspecified atom stereocenters. The van der Waals surface area contributed by atoms with E-state index < -0.39 is 6.04 Å². The number of hydrogen-bond acceptors (Lipinski definition) is 4. The van der Waals surface area contributed by atoms with Crippen molar-refractivity contribution in [1.29, 1.82) is 0 Å². The third kappa shape index (κ3) is 3.54. The molecule has 1 aliphatic rings. The predicted octanol–water partition coefficient (Wildman–Crippen LogP) is 3.86. The molecule has 1 atom stereocenters. The van der Waals surface area contributed by atoms with Crippen LogP contribution in [0.4, 0.5) is 11.6 Å². The Balaban J connectivity index is 1.47. The van der Waals surface area contributed by atoms with Crippen LogP contribution < -0.4 is 10.2 Å². The first kappa shape index (κ1) is 19.0. The molecule has 0 fully saturated rings. The molecule has 5 rings (SSSR count). The van der Waals surface area contributed by atoms with Gasteiger partial charge in [-0.05, 0) is 48.9 Å². The summed E-state index contributed by atoms with van der Waals surface area (Å²) in [5.74, 6) is 0.177. The van der Waals surface area contributed by atoms with E-state index in [0.717, 1.165) is 28.0 Å². The average molecular weight is 411 g/mol. The summed E-state index contributed by atoms with van der Waals surface area (Å²) < 4.78 is 1.87. The molecule has 7 nitrogen and oxygen atoms in total. The lowest BCUT2D eigenvalue weighted by molar-refractivity contribution is -0.124. The summed E-state index contributed by atoms with van der Waals surface area (Å²) in [7, 11) is 0. The largest absolute Gasteiger partial charge is 0.326 e. The van der Waals surface area contributed by atoms with Gasteiger partial charge in [-0.15, -0.1) is 0 Å². The number of carbonyl (C=O) groups excluding carboxylic acids is 2. The van der Waals surface area contributed by atoms with Gasteiger partial charge >= 0.3 is 0 Å². The number of hydrogen-bond donors (Lipinski definition) is 1. The first-order valence-corrected chi connectivity index (χ1v) is 10.1. The second-order valence-corrected chi connectivity index (χ2v) is 7.65. The number of rotatable bonds is 5. The van der Waals surface area contributed by atoms with Gasteiger partial charge in [0.25, 0.3) is 5.91 Å². The molecule has 0 bridgehead atoms. The SMILES string of the molecule is Cc1cccc(NC(=O)C[C@@H]2C(=O)N(Cc3ccccn3)c3nc4ccccc4n32)c1. The first-order valence-electron chi connectivity index (χ1n) is 10.1. The monoisotopic (exact) mass is 411 g/mol. The predicted molar refractivity (Wildman–Crippen MR) is 119 cm³/mol. The van der Waals surface area contributed by atoms with Crippen LogP contribution in [0.5, 0.6) is 0 Å². The summed E-state index contributed by atoms with van der Waals surface area (Å²) in [5, 5.41) is 2.91. The Morgan fingerprint density at radius 2 is 1.90 bits per heavy atom. The van der Waals surface area contributed by atoms with E-state index in [4.69, 9.17) is 0 Å². The summed E-state index contributed by atoms with van der Waals surface area (Å²) >= 11 is 0. The summed E-state index contributed by atoms with van der Waals surface area (Å²) in [4.78, 5) is 36.8. The Morgan fingerprint density at radius 3 is 2.71 bits per heavy atom. The van der Waals surface area contributed by atoms with Crippen LogP contribution in [0, 0.1) is 6.92 Å². The summed E-state index contributed by atoms with van der Waals surface area (Å²) in [5.41, 5.74) is 4.16. The van der Waals surface area contributed by atoms with E-state index in [1.807, 2.05) is 78.2 Å². The van der Waals surface area contributed by atoms with Crippen LogP contribution in [0.15, 0.2) is 72.9 Å². The number of aryl methyl sites for hydroxylation is 1. The average Bonchev–Trinajstić information content (AvgIpc) is 3.25. The number of para-hydroxylation sites is 2. The van der Waals surface area contributed by atoms with E-state index in [9.17, 15) is 9.59 Å².